The average Bonchev–Trinajstić information content (AvgIpc) is 3.43. The summed E-state index contributed by atoms with van der Waals surface area (Å²) in [4.78, 5) is 9.25. The summed E-state index contributed by atoms with van der Waals surface area (Å²) in [6.45, 7) is 5.87. The lowest BCUT2D eigenvalue weighted by atomic mass is 9.61. The summed E-state index contributed by atoms with van der Waals surface area (Å²) >= 11 is 0. The summed E-state index contributed by atoms with van der Waals surface area (Å²) in [7, 11) is 4.20. The van der Waals surface area contributed by atoms with E-state index in [0.29, 0.717) is 34.6 Å². The van der Waals surface area contributed by atoms with E-state index in [0.717, 1.165) is 66.8 Å². The van der Waals surface area contributed by atoms with Crippen LogP contribution in [0.2, 0.25) is 0 Å². The number of halogens is 6. The quantitative estimate of drug-likeness (QED) is 0.220. The van der Waals surface area contributed by atoms with Gasteiger partial charge in [0, 0.05) is 38.7 Å². The first-order valence-electron chi connectivity index (χ1n) is 14.2. The molecule has 222 valence electrons. The van der Waals surface area contributed by atoms with Gasteiger partial charge in [-0.3, -0.25) is 0 Å². The van der Waals surface area contributed by atoms with Gasteiger partial charge in [0.05, 0.1) is 16.5 Å². The molecule has 0 amide bonds. The van der Waals surface area contributed by atoms with E-state index in [4.69, 9.17) is 0 Å². The van der Waals surface area contributed by atoms with Crippen molar-refractivity contribution in [1.29, 1.82) is 0 Å². The van der Waals surface area contributed by atoms with Crippen LogP contribution < -0.4 is 0 Å². The van der Waals surface area contributed by atoms with Crippen LogP contribution in [-0.2, 0) is 17.8 Å². The van der Waals surface area contributed by atoms with Crippen molar-refractivity contribution in [3.8, 4) is 0 Å². The van der Waals surface area contributed by atoms with E-state index in [9.17, 15) is 26.3 Å². The minimum atomic E-state index is -4.46. The Kier molecular flexibility index (Phi) is 7.28. The Morgan fingerprint density at radius 3 is 1.54 bits per heavy atom. The highest BCUT2D eigenvalue weighted by Gasteiger charge is 2.48. The molecule has 0 unspecified atom stereocenters. The van der Waals surface area contributed by atoms with E-state index < -0.39 is 28.9 Å². The number of unbranched alkanes of at least 4 members (excludes halogenated alkanes) is 1. The van der Waals surface area contributed by atoms with E-state index in [1.165, 1.54) is 24.3 Å². The topological polar surface area (TPSA) is 34.8 Å². The highest BCUT2D eigenvalue weighted by molar-refractivity contribution is 5.88. The molecule has 1 aliphatic rings. The highest BCUT2D eigenvalue weighted by Crippen LogP contribution is 2.53. The van der Waals surface area contributed by atoms with Crippen molar-refractivity contribution >= 4 is 21.8 Å². The minimum Gasteiger partial charge on any atom is -0.357 e. The molecule has 0 aliphatic heterocycles. The maximum absolute atomic E-state index is 13.6. The number of nitrogens with one attached hydrogen (secondary N) is 2. The lowest BCUT2D eigenvalue weighted by Gasteiger charge is -2.50. The fourth-order valence-electron chi connectivity index (χ4n) is 7.16. The molecule has 2 aromatic heterocycles. The third kappa shape index (κ3) is 4.94. The molecular formula is C32H37F6N3. The van der Waals surface area contributed by atoms with Gasteiger partial charge in [-0.2, -0.15) is 26.3 Å². The van der Waals surface area contributed by atoms with Gasteiger partial charge in [0.25, 0.3) is 0 Å². The predicted octanol–water partition coefficient (Wildman–Crippen LogP) is 9.65. The van der Waals surface area contributed by atoms with Crippen molar-refractivity contribution < 1.29 is 26.3 Å². The first-order chi connectivity index (χ1) is 19.1. The van der Waals surface area contributed by atoms with E-state index >= 15 is 0 Å². The number of aryl methyl sites for hydroxylation is 2. The maximum Gasteiger partial charge on any atom is 0.416 e. The molecule has 2 aromatic carbocycles. The van der Waals surface area contributed by atoms with Crippen molar-refractivity contribution in [2.45, 2.75) is 89.0 Å². The van der Waals surface area contributed by atoms with Crippen LogP contribution in [0.3, 0.4) is 0 Å². The molecule has 0 bridgehead atoms. The van der Waals surface area contributed by atoms with Gasteiger partial charge in [-0.05, 0) is 108 Å². The third-order valence-corrected chi connectivity index (χ3v) is 9.71. The molecule has 1 aliphatic carbocycles. The van der Waals surface area contributed by atoms with Crippen LogP contribution in [0.5, 0.6) is 0 Å². The second-order valence-corrected chi connectivity index (χ2v) is 12.1. The Balaban J connectivity index is 1.71. The summed E-state index contributed by atoms with van der Waals surface area (Å²) in [5.74, 6) is 0. The zero-order valence-corrected chi connectivity index (χ0v) is 24.1. The van der Waals surface area contributed by atoms with Gasteiger partial charge < -0.3 is 14.9 Å². The van der Waals surface area contributed by atoms with E-state index in [2.05, 4.69) is 35.9 Å². The van der Waals surface area contributed by atoms with Crippen molar-refractivity contribution in [2.75, 3.05) is 14.1 Å². The van der Waals surface area contributed by atoms with Crippen molar-refractivity contribution in [1.82, 2.24) is 14.9 Å². The molecule has 5 rings (SSSR count). The number of nitrogens with zero attached hydrogens (tertiary/aromatic N) is 1. The zero-order chi connectivity index (χ0) is 30.0. The molecule has 2 N–H and O–H groups in total. The molecule has 41 heavy (non-hydrogen) atoms. The number of aromatic amines is 2. The fourth-order valence-corrected chi connectivity index (χ4v) is 7.16. The average molecular weight is 578 g/mol. The third-order valence-electron chi connectivity index (χ3n) is 9.71. The van der Waals surface area contributed by atoms with Gasteiger partial charge in [-0.1, -0.05) is 19.8 Å². The van der Waals surface area contributed by atoms with Crippen LogP contribution in [0.4, 0.5) is 26.3 Å². The molecule has 0 atom stereocenters. The summed E-state index contributed by atoms with van der Waals surface area (Å²) in [6.07, 6.45) is -2.62. The second kappa shape index (κ2) is 10.1. The Morgan fingerprint density at radius 2 is 1.17 bits per heavy atom. The van der Waals surface area contributed by atoms with E-state index in [1.54, 1.807) is 0 Å². The highest BCUT2D eigenvalue weighted by atomic mass is 19.4. The van der Waals surface area contributed by atoms with Gasteiger partial charge in [0.2, 0.25) is 0 Å². The summed E-state index contributed by atoms with van der Waals surface area (Å²) < 4.78 is 81.6. The Hall–Kier alpha value is -2.94. The van der Waals surface area contributed by atoms with Gasteiger partial charge >= 0.3 is 12.4 Å². The molecule has 9 heteroatoms. The lowest BCUT2D eigenvalue weighted by Crippen LogP contribution is -2.51. The monoisotopic (exact) mass is 577 g/mol. The summed E-state index contributed by atoms with van der Waals surface area (Å²) in [6, 6.07) is 7.52. The minimum absolute atomic E-state index is 0.0216. The Labute approximate surface area is 236 Å². The summed E-state index contributed by atoms with van der Waals surface area (Å²) in [5.41, 5.74) is 2.33. The van der Waals surface area contributed by atoms with Crippen LogP contribution >= 0.6 is 0 Å². The van der Waals surface area contributed by atoms with E-state index in [1.807, 2.05) is 13.8 Å². The van der Waals surface area contributed by atoms with Gasteiger partial charge in [0.15, 0.2) is 0 Å². The van der Waals surface area contributed by atoms with Gasteiger partial charge in [-0.15, -0.1) is 0 Å². The van der Waals surface area contributed by atoms with Crippen LogP contribution in [0, 0.1) is 13.8 Å². The van der Waals surface area contributed by atoms with Crippen LogP contribution in [0.1, 0.15) is 85.5 Å². The van der Waals surface area contributed by atoms with Crippen LogP contribution in [-0.4, -0.2) is 34.5 Å². The number of rotatable bonds is 6. The smallest absolute Gasteiger partial charge is 0.357 e. The number of hydrogen-bond donors (Lipinski definition) is 2. The van der Waals surface area contributed by atoms with Crippen molar-refractivity contribution in [3.05, 3.63) is 70.0 Å². The molecule has 4 aromatic rings. The number of fused-ring (bicyclic) bond motifs is 2. The normalized spacial score (nSPS) is 17.7. The van der Waals surface area contributed by atoms with Crippen molar-refractivity contribution in [2.24, 2.45) is 0 Å². The van der Waals surface area contributed by atoms with Crippen LogP contribution in [0.25, 0.3) is 21.8 Å². The van der Waals surface area contributed by atoms with Gasteiger partial charge in [0.1, 0.15) is 0 Å². The molecule has 0 spiro atoms. The molecule has 0 radical (unpaired) electrons. The molecule has 1 fully saturated rings. The maximum atomic E-state index is 13.6. The van der Waals surface area contributed by atoms with Gasteiger partial charge in [-0.25, -0.2) is 0 Å². The number of H-pyrrole nitrogens is 2. The molecule has 1 saturated carbocycles. The van der Waals surface area contributed by atoms with Crippen LogP contribution in [0.15, 0.2) is 36.4 Å². The standard InChI is InChI=1S/C32H37F6N3/c1-6-7-12-29(41(4)5)13-15-30(16-14-29,27-19(2)23-17-21(31(33,34)35)8-10-25(23)39-27)28-20(3)24-18-22(32(36,37)38)9-11-26(24)40-28/h8-11,17-18,39-40H,6-7,12-16H2,1-5H3. The van der Waals surface area contributed by atoms with E-state index in [-0.39, 0.29) is 5.54 Å². The molecule has 2 heterocycles. The summed E-state index contributed by atoms with van der Waals surface area (Å²) in [5, 5.41) is 1.02. The fraction of sp³-hybridized carbons (Fsp3) is 0.500. The van der Waals surface area contributed by atoms with Crippen molar-refractivity contribution in [3.63, 3.8) is 0 Å². The first kappa shape index (κ1) is 29.5. The predicted molar refractivity (Wildman–Crippen MR) is 151 cm³/mol. The second-order valence-electron chi connectivity index (χ2n) is 12.1. The lowest BCUT2D eigenvalue weighted by molar-refractivity contribution is -0.138. The SMILES string of the molecule is CCCCC1(N(C)C)CCC(c2[nH]c3ccc(C(F)(F)F)cc3c2C)(c2[nH]c3ccc(C(F)(F)F)cc3c2C)CC1. The molecule has 3 nitrogen and oxygen atoms in total. The largest absolute Gasteiger partial charge is 0.416 e. The first-order valence-corrected chi connectivity index (χ1v) is 14.2. The number of alkyl halides is 6. The number of benzene rings is 2. The zero-order valence-electron chi connectivity index (χ0n) is 24.1. The molecular weight excluding hydrogens is 540 g/mol. The Bertz CT molecular complexity index is 1460. The number of aromatic nitrogens is 2. The number of hydrogen-bond acceptors (Lipinski definition) is 1. The Morgan fingerprint density at radius 1 is 0.732 bits per heavy atom. The molecule has 0 saturated heterocycles.